The molecule has 0 unspecified atom stereocenters. The predicted molar refractivity (Wildman–Crippen MR) is 105 cm³/mol. The SMILES string of the molecule is Cc1ccc(S(=O)(=O)N2CCC(C(=O)Nc3ccc(N)nc3)CC2)cc1C. The molecule has 1 aromatic carbocycles. The van der Waals surface area contributed by atoms with Gasteiger partial charge >= 0.3 is 0 Å². The van der Waals surface area contributed by atoms with Crippen LogP contribution in [0.3, 0.4) is 0 Å². The average molecular weight is 388 g/mol. The summed E-state index contributed by atoms with van der Waals surface area (Å²) in [6.07, 6.45) is 2.48. The molecule has 0 aliphatic carbocycles. The van der Waals surface area contributed by atoms with Crippen LogP contribution in [0.2, 0.25) is 0 Å². The van der Waals surface area contributed by atoms with Crippen LogP contribution in [0.15, 0.2) is 41.4 Å². The number of sulfonamides is 1. The highest BCUT2D eigenvalue weighted by Gasteiger charge is 2.32. The number of hydrogen-bond acceptors (Lipinski definition) is 5. The Morgan fingerprint density at radius 3 is 2.44 bits per heavy atom. The number of hydrogen-bond donors (Lipinski definition) is 2. The Morgan fingerprint density at radius 2 is 1.85 bits per heavy atom. The number of piperidine rings is 1. The second-order valence-corrected chi connectivity index (χ2v) is 8.82. The molecule has 0 spiro atoms. The lowest BCUT2D eigenvalue weighted by molar-refractivity contribution is -0.120. The molecule has 8 heteroatoms. The fourth-order valence-corrected chi connectivity index (χ4v) is 4.66. The lowest BCUT2D eigenvalue weighted by atomic mass is 9.97. The Morgan fingerprint density at radius 1 is 1.15 bits per heavy atom. The first-order valence-corrected chi connectivity index (χ1v) is 10.3. The monoisotopic (exact) mass is 388 g/mol. The Kier molecular flexibility index (Phi) is 5.48. The van der Waals surface area contributed by atoms with E-state index >= 15 is 0 Å². The molecule has 1 aliphatic rings. The third-order valence-electron chi connectivity index (χ3n) is 4.99. The van der Waals surface area contributed by atoms with E-state index in [0.717, 1.165) is 11.1 Å². The van der Waals surface area contributed by atoms with Crippen LogP contribution >= 0.6 is 0 Å². The molecule has 0 bridgehead atoms. The van der Waals surface area contributed by atoms with Crippen LogP contribution in [0.5, 0.6) is 0 Å². The maximum absolute atomic E-state index is 12.9. The van der Waals surface area contributed by atoms with Gasteiger partial charge in [0.2, 0.25) is 15.9 Å². The minimum absolute atomic E-state index is 0.121. The van der Waals surface area contributed by atoms with Gasteiger partial charge in [0, 0.05) is 19.0 Å². The molecule has 1 saturated heterocycles. The minimum Gasteiger partial charge on any atom is -0.384 e. The zero-order chi connectivity index (χ0) is 19.6. The highest BCUT2D eigenvalue weighted by atomic mass is 32.2. The van der Waals surface area contributed by atoms with Gasteiger partial charge in [0.05, 0.1) is 16.8 Å². The van der Waals surface area contributed by atoms with E-state index in [2.05, 4.69) is 10.3 Å². The molecular formula is C19H24N4O3S. The van der Waals surface area contributed by atoms with Crippen LogP contribution in [-0.4, -0.2) is 36.7 Å². The summed E-state index contributed by atoms with van der Waals surface area (Å²) in [6, 6.07) is 8.49. The maximum atomic E-state index is 12.9. The molecule has 3 rings (SSSR count). The van der Waals surface area contributed by atoms with Gasteiger partial charge in [0.25, 0.3) is 0 Å². The van der Waals surface area contributed by atoms with E-state index in [-0.39, 0.29) is 11.8 Å². The number of amides is 1. The molecule has 1 aliphatic heterocycles. The van der Waals surface area contributed by atoms with Crippen LogP contribution in [-0.2, 0) is 14.8 Å². The van der Waals surface area contributed by atoms with Gasteiger partial charge in [-0.2, -0.15) is 4.31 Å². The Labute approximate surface area is 159 Å². The lowest BCUT2D eigenvalue weighted by Gasteiger charge is -2.30. The van der Waals surface area contributed by atoms with Crippen molar-refractivity contribution in [2.45, 2.75) is 31.6 Å². The van der Waals surface area contributed by atoms with Gasteiger partial charge in [-0.15, -0.1) is 0 Å². The van der Waals surface area contributed by atoms with Crippen molar-refractivity contribution in [3.63, 3.8) is 0 Å². The van der Waals surface area contributed by atoms with E-state index in [1.54, 1.807) is 24.3 Å². The predicted octanol–water partition coefficient (Wildman–Crippen LogP) is 2.32. The Hall–Kier alpha value is -2.45. The summed E-state index contributed by atoms with van der Waals surface area (Å²) in [5, 5.41) is 2.81. The highest BCUT2D eigenvalue weighted by molar-refractivity contribution is 7.89. The molecule has 27 heavy (non-hydrogen) atoms. The second-order valence-electron chi connectivity index (χ2n) is 6.89. The van der Waals surface area contributed by atoms with Crippen LogP contribution in [0.1, 0.15) is 24.0 Å². The van der Waals surface area contributed by atoms with Crippen molar-refractivity contribution in [3.8, 4) is 0 Å². The summed E-state index contributed by atoms with van der Waals surface area (Å²) in [6.45, 7) is 4.50. The number of rotatable bonds is 4. The van der Waals surface area contributed by atoms with Crippen LogP contribution in [0.25, 0.3) is 0 Å². The Bertz CT molecular complexity index is 934. The van der Waals surface area contributed by atoms with E-state index in [1.165, 1.54) is 10.5 Å². The zero-order valence-corrected chi connectivity index (χ0v) is 16.3. The fourth-order valence-electron chi connectivity index (χ4n) is 3.11. The van der Waals surface area contributed by atoms with Crippen LogP contribution in [0, 0.1) is 19.8 Å². The number of nitrogens with zero attached hydrogens (tertiary/aromatic N) is 2. The molecule has 2 aromatic rings. The standard InChI is InChI=1S/C19H24N4O3S/c1-13-3-5-17(11-14(13)2)27(25,26)23-9-7-15(8-10-23)19(24)22-16-4-6-18(20)21-12-16/h3-6,11-12,15H,7-10H2,1-2H3,(H2,20,21)(H,22,24). The molecule has 0 radical (unpaired) electrons. The van der Waals surface area contributed by atoms with Crippen molar-refractivity contribution in [2.75, 3.05) is 24.1 Å². The van der Waals surface area contributed by atoms with Gasteiger partial charge < -0.3 is 11.1 Å². The molecule has 0 saturated carbocycles. The van der Waals surface area contributed by atoms with Crippen LogP contribution < -0.4 is 11.1 Å². The summed E-state index contributed by atoms with van der Waals surface area (Å²) in [5.41, 5.74) is 8.12. The van der Waals surface area contributed by atoms with Gasteiger partial charge in [-0.05, 0) is 62.1 Å². The first-order chi connectivity index (χ1) is 12.8. The van der Waals surface area contributed by atoms with E-state index in [0.29, 0.717) is 42.3 Å². The van der Waals surface area contributed by atoms with Gasteiger partial charge in [0.1, 0.15) is 5.82 Å². The number of benzene rings is 1. The van der Waals surface area contributed by atoms with E-state index < -0.39 is 10.0 Å². The molecule has 3 N–H and O–H groups in total. The molecule has 0 atom stereocenters. The first-order valence-electron chi connectivity index (χ1n) is 8.87. The van der Waals surface area contributed by atoms with Crippen molar-refractivity contribution in [1.29, 1.82) is 0 Å². The largest absolute Gasteiger partial charge is 0.384 e. The average Bonchev–Trinajstić information content (AvgIpc) is 2.66. The molecule has 1 amide bonds. The van der Waals surface area contributed by atoms with E-state index in [4.69, 9.17) is 5.73 Å². The van der Waals surface area contributed by atoms with Gasteiger partial charge in [-0.1, -0.05) is 6.07 Å². The van der Waals surface area contributed by atoms with Crippen LogP contribution in [0.4, 0.5) is 11.5 Å². The number of carbonyl (C=O) groups is 1. The summed E-state index contributed by atoms with van der Waals surface area (Å²) in [4.78, 5) is 16.7. The fraction of sp³-hybridized carbons (Fsp3) is 0.368. The van der Waals surface area contributed by atoms with Crippen molar-refractivity contribution in [3.05, 3.63) is 47.7 Å². The molecule has 144 valence electrons. The smallest absolute Gasteiger partial charge is 0.243 e. The number of aromatic nitrogens is 1. The minimum atomic E-state index is -3.54. The van der Waals surface area contributed by atoms with Gasteiger partial charge in [-0.25, -0.2) is 13.4 Å². The zero-order valence-electron chi connectivity index (χ0n) is 15.5. The number of aryl methyl sites for hydroxylation is 2. The van der Waals surface area contributed by atoms with Gasteiger partial charge in [0.15, 0.2) is 0 Å². The normalized spacial score (nSPS) is 16.2. The molecule has 7 nitrogen and oxygen atoms in total. The number of anilines is 2. The molecule has 2 heterocycles. The Balaban J connectivity index is 1.63. The van der Waals surface area contributed by atoms with Crippen molar-refractivity contribution >= 4 is 27.4 Å². The van der Waals surface area contributed by atoms with Crippen molar-refractivity contribution < 1.29 is 13.2 Å². The topological polar surface area (TPSA) is 105 Å². The lowest BCUT2D eigenvalue weighted by Crippen LogP contribution is -2.41. The van der Waals surface area contributed by atoms with E-state index in [9.17, 15) is 13.2 Å². The number of nitrogens with one attached hydrogen (secondary N) is 1. The number of nitrogen functional groups attached to an aromatic ring is 1. The van der Waals surface area contributed by atoms with Crippen molar-refractivity contribution in [2.24, 2.45) is 5.92 Å². The number of nitrogens with two attached hydrogens (primary N) is 1. The third-order valence-corrected chi connectivity index (χ3v) is 6.89. The quantitative estimate of drug-likeness (QED) is 0.836. The third kappa shape index (κ3) is 4.28. The summed E-state index contributed by atoms with van der Waals surface area (Å²) in [5.74, 6) is 0.0383. The summed E-state index contributed by atoms with van der Waals surface area (Å²) in [7, 11) is -3.54. The first kappa shape index (κ1) is 19.3. The number of carbonyl (C=O) groups excluding carboxylic acids is 1. The van der Waals surface area contributed by atoms with Crippen molar-refractivity contribution in [1.82, 2.24) is 9.29 Å². The molecular weight excluding hydrogens is 364 g/mol. The van der Waals surface area contributed by atoms with E-state index in [1.807, 2.05) is 19.9 Å². The second kappa shape index (κ2) is 7.66. The summed E-state index contributed by atoms with van der Waals surface area (Å²) >= 11 is 0. The summed E-state index contributed by atoms with van der Waals surface area (Å²) < 4.78 is 27.2. The highest BCUT2D eigenvalue weighted by Crippen LogP contribution is 2.26. The molecule has 1 fully saturated rings. The maximum Gasteiger partial charge on any atom is 0.243 e. The van der Waals surface area contributed by atoms with Gasteiger partial charge in [-0.3, -0.25) is 4.79 Å². The molecule has 1 aromatic heterocycles. The number of pyridine rings is 1.